The summed E-state index contributed by atoms with van der Waals surface area (Å²) in [5.41, 5.74) is 0. The molecule has 1 unspecified atom stereocenters. The molecule has 2 fully saturated rings. The summed E-state index contributed by atoms with van der Waals surface area (Å²) in [5.74, 6) is 0. The maximum absolute atomic E-state index is 9.96. The van der Waals surface area contributed by atoms with Crippen LogP contribution in [0.5, 0.6) is 0 Å². The minimum Gasteiger partial charge on any atom is -0.356 e. The molecular weight excluding hydrogens is 178 g/mol. The van der Waals surface area contributed by atoms with E-state index in [1.54, 1.807) is 0 Å². The zero-order chi connectivity index (χ0) is 10.2. The molecule has 1 saturated heterocycles. The first-order valence-electron chi connectivity index (χ1n) is 5.19. The average Bonchev–Trinajstić information content (AvgIpc) is 3.04. The molecule has 0 aromatic carbocycles. The Morgan fingerprint density at radius 3 is 2.36 bits per heavy atom. The first-order chi connectivity index (χ1) is 6.86. The van der Waals surface area contributed by atoms with Gasteiger partial charge in [-0.1, -0.05) is 19.3 Å². The van der Waals surface area contributed by atoms with Crippen molar-refractivity contribution in [1.29, 1.82) is 5.26 Å². The fourth-order valence-electron chi connectivity index (χ4n) is 1.52. The van der Waals surface area contributed by atoms with E-state index in [-0.39, 0.29) is 6.04 Å². The Labute approximate surface area is 84.7 Å². The third kappa shape index (κ3) is 4.83. The van der Waals surface area contributed by atoms with Crippen LogP contribution in [-0.2, 0) is 4.79 Å². The molecule has 0 bridgehead atoms. The van der Waals surface area contributed by atoms with Crippen molar-refractivity contribution in [3.63, 3.8) is 0 Å². The average molecular weight is 195 g/mol. The Hall–Kier alpha value is -1.08. The van der Waals surface area contributed by atoms with E-state index in [9.17, 15) is 4.79 Å². The summed E-state index contributed by atoms with van der Waals surface area (Å²) in [4.78, 5) is 9.96. The molecule has 0 aromatic rings. The molecule has 1 saturated carbocycles. The molecule has 4 heteroatoms. The van der Waals surface area contributed by atoms with Gasteiger partial charge in [0.2, 0.25) is 6.41 Å². The van der Waals surface area contributed by atoms with Gasteiger partial charge in [-0.3, -0.25) is 10.1 Å². The Kier molecular flexibility index (Phi) is 5.02. The van der Waals surface area contributed by atoms with Crippen LogP contribution in [0.15, 0.2) is 0 Å². The first-order valence-corrected chi connectivity index (χ1v) is 5.19. The molecule has 1 atom stereocenters. The van der Waals surface area contributed by atoms with Crippen LogP contribution in [0.25, 0.3) is 0 Å². The molecule has 2 rings (SSSR count). The normalized spacial score (nSPS) is 25.2. The summed E-state index contributed by atoms with van der Waals surface area (Å²) in [6, 6.07) is 2.70. The number of hydrogen-bond donors (Lipinski definition) is 2. The summed E-state index contributed by atoms with van der Waals surface area (Å²) < 4.78 is 0. The van der Waals surface area contributed by atoms with E-state index in [0.717, 1.165) is 13.0 Å². The molecule has 2 N–H and O–H groups in total. The summed E-state index contributed by atoms with van der Waals surface area (Å²) in [6.07, 6.45) is 7.08. The van der Waals surface area contributed by atoms with Crippen molar-refractivity contribution < 1.29 is 4.79 Å². The van der Waals surface area contributed by atoms with Crippen molar-refractivity contribution >= 4 is 6.41 Å². The molecule has 4 nitrogen and oxygen atoms in total. The van der Waals surface area contributed by atoms with Crippen molar-refractivity contribution in [3.8, 4) is 6.07 Å². The molecule has 78 valence electrons. The molecule has 1 aliphatic heterocycles. The molecule has 1 heterocycles. The van der Waals surface area contributed by atoms with E-state index in [0.29, 0.717) is 6.04 Å². The van der Waals surface area contributed by atoms with Gasteiger partial charge in [-0.2, -0.15) is 5.26 Å². The quantitative estimate of drug-likeness (QED) is 0.499. The lowest BCUT2D eigenvalue weighted by molar-refractivity contribution is -0.110. The first kappa shape index (κ1) is 11.0. The molecule has 0 aromatic heterocycles. The van der Waals surface area contributed by atoms with Gasteiger partial charge in [0.05, 0.1) is 6.07 Å². The van der Waals surface area contributed by atoms with Crippen LogP contribution in [-0.4, -0.2) is 25.0 Å². The van der Waals surface area contributed by atoms with Gasteiger partial charge in [-0.05, 0) is 12.8 Å². The maximum atomic E-state index is 9.96. The molecule has 0 radical (unpaired) electrons. The largest absolute Gasteiger partial charge is 0.356 e. The van der Waals surface area contributed by atoms with E-state index in [2.05, 4.69) is 10.6 Å². The van der Waals surface area contributed by atoms with Crippen LogP contribution in [0.1, 0.15) is 32.1 Å². The zero-order valence-electron chi connectivity index (χ0n) is 8.33. The summed E-state index contributed by atoms with van der Waals surface area (Å²) in [6.45, 7) is 0.899. The van der Waals surface area contributed by atoms with Crippen LogP contribution in [0.3, 0.4) is 0 Å². The Morgan fingerprint density at radius 2 is 2.00 bits per heavy atom. The van der Waals surface area contributed by atoms with Crippen LogP contribution in [0.4, 0.5) is 0 Å². The summed E-state index contributed by atoms with van der Waals surface area (Å²) in [5, 5.41) is 13.5. The van der Waals surface area contributed by atoms with E-state index in [4.69, 9.17) is 5.26 Å². The SMILES string of the molecule is N#CC1CN1.O=CNC1CCCCC1. The van der Waals surface area contributed by atoms with Gasteiger partial charge >= 0.3 is 0 Å². The van der Waals surface area contributed by atoms with E-state index in [1.165, 1.54) is 32.1 Å². The molecule has 14 heavy (non-hydrogen) atoms. The Morgan fingerprint density at radius 1 is 1.36 bits per heavy atom. The standard InChI is InChI=1S/C7H13NO.C3H4N2/c9-6-8-7-4-2-1-3-5-7;4-1-3-2-5-3/h6-7H,1-5H2,(H,8,9);3,5H,2H2. The minimum atomic E-state index is 0.190. The predicted molar refractivity (Wildman–Crippen MR) is 53.5 cm³/mol. The summed E-state index contributed by atoms with van der Waals surface area (Å²) >= 11 is 0. The van der Waals surface area contributed by atoms with Gasteiger partial charge in [0.15, 0.2) is 0 Å². The van der Waals surface area contributed by atoms with Crippen LogP contribution in [0, 0.1) is 11.3 Å². The lowest BCUT2D eigenvalue weighted by Crippen LogP contribution is -2.29. The Balaban J connectivity index is 0.000000165. The van der Waals surface area contributed by atoms with E-state index in [1.807, 2.05) is 6.07 Å². The number of rotatable bonds is 2. The van der Waals surface area contributed by atoms with Crippen molar-refractivity contribution in [1.82, 2.24) is 10.6 Å². The number of hydrogen-bond acceptors (Lipinski definition) is 3. The Bertz CT molecular complexity index is 202. The number of nitriles is 1. The summed E-state index contributed by atoms with van der Waals surface area (Å²) in [7, 11) is 0. The van der Waals surface area contributed by atoms with Gasteiger partial charge < -0.3 is 5.32 Å². The zero-order valence-corrected chi connectivity index (χ0v) is 8.33. The minimum absolute atomic E-state index is 0.190. The highest BCUT2D eigenvalue weighted by Crippen LogP contribution is 2.16. The highest BCUT2D eigenvalue weighted by atomic mass is 16.1. The monoisotopic (exact) mass is 195 g/mol. The molecular formula is C10H17N3O. The number of carbonyl (C=O) groups is 1. The van der Waals surface area contributed by atoms with Crippen LogP contribution >= 0.6 is 0 Å². The van der Waals surface area contributed by atoms with Crippen LogP contribution < -0.4 is 10.6 Å². The van der Waals surface area contributed by atoms with Gasteiger partial charge in [-0.25, -0.2) is 0 Å². The van der Waals surface area contributed by atoms with Gasteiger partial charge in [0.25, 0.3) is 0 Å². The van der Waals surface area contributed by atoms with Gasteiger partial charge in [-0.15, -0.1) is 0 Å². The highest BCUT2D eigenvalue weighted by Gasteiger charge is 2.17. The van der Waals surface area contributed by atoms with Crippen molar-refractivity contribution in [3.05, 3.63) is 0 Å². The number of amides is 1. The molecule has 0 spiro atoms. The maximum Gasteiger partial charge on any atom is 0.207 e. The second-order valence-corrected chi connectivity index (χ2v) is 3.71. The molecule has 2 aliphatic rings. The van der Waals surface area contributed by atoms with Crippen molar-refractivity contribution in [2.24, 2.45) is 0 Å². The van der Waals surface area contributed by atoms with E-state index >= 15 is 0 Å². The van der Waals surface area contributed by atoms with Crippen molar-refractivity contribution in [2.75, 3.05) is 6.54 Å². The lowest BCUT2D eigenvalue weighted by atomic mass is 9.96. The van der Waals surface area contributed by atoms with Gasteiger partial charge in [0, 0.05) is 12.6 Å². The smallest absolute Gasteiger partial charge is 0.207 e. The fourth-order valence-corrected chi connectivity index (χ4v) is 1.52. The number of carbonyl (C=O) groups excluding carboxylic acids is 1. The predicted octanol–water partition coefficient (Wildman–Crippen LogP) is 0.547. The third-order valence-corrected chi connectivity index (χ3v) is 2.47. The third-order valence-electron chi connectivity index (χ3n) is 2.47. The topological polar surface area (TPSA) is 74.8 Å². The van der Waals surface area contributed by atoms with Crippen molar-refractivity contribution in [2.45, 2.75) is 44.2 Å². The second kappa shape index (κ2) is 6.39. The lowest BCUT2D eigenvalue weighted by Gasteiger charge is -2.19. The molecule has 1 amide bonds. The van der Waals surface area contributed by atoms with E-state index < -0.39 is 0 Å². The second-order valence-electron chi connectivity index (χ2n) is 3.71. The fraction of sp³-hybridized carbons (Fsp3) is 0.800. The number of nitrogens with zero attached hydrogens (tertiary/aromatic N) is 1. The highest BCUT2D eigenvalue weighted by molar-refractivity contribution is 5.46. The van der Waals surface area contributed by atoms with Crippen LogP contribution in [0.2, 0.25) is 0 Å². The van der Waals surface area contributed by atoms with Gasteiger partial charge in [0.1, 0.15) is 6.04 Å². The molecule has 1 aliphatic carbocycles. The number of nitrogens with one attached hydrogen (secondary N) is 2.